The molecule has 1 heterocycles. The number of nitrogens with zero attached hydrogens (tertiary/aromatic N) is 1. The Hall–Kier alpha value is -2.21. The van der Waals surface area contributed by atoms with E-state index in [1.807, 2.05) is 0 Å². The summed E-state index contributed by atoms with van der Waals surface area (Å²) in [4.78, 5) is 27.6. The van der Waals surface area contributed by atoms with Crippen LogP contribution in [0.3, 0.4) is 0 Å². The molecule has 2 aromatic rings. The van der Waals surface area contributed by atoms with Crippen molar-refractivity contribution >= 4 is 28.3 Å². The second-order valence-corrected chi connectivity index (χ2v) is 6.37. The normalized spacial score (nSPS) is 10.4. The van der Waals surface area contributed by atoms with Gasteiger partial charge >= 0.3 is 5.97 Å². The molecule has 128 valence electrons. The molecule has 24 heavy (non-hydrogen) atoms. The minimum atomic E-state index is -0.307. The first-order chi connectivity index (χ1) is 11.6. The lowest BCUT2D eigenvalue weighted by molar-refractivity contribution is -0.142. The number of ether oxygens (including phenoxy) is 1. The molecule has 1 aromatic carbocycles. The van der Waals surface area contributed by atoms with Crippen molar-refractivity contribution in [3.63, 3.8) is 0 Å². The van der Waals surface area contributed by atoms with E-state index in [1.165, 1.54) is 22.5 Å². The smallest absolute Gasteiger partial charge is 0.311 e. The van der Waals surface area contributed by atoms with Gasteiger partial charge in [0, 0.05) is 11.8 Å². The molecule has 1 amide bonds. The number of rotatable bonds is 8. The Balaban J connectivity index is 1.73. The molecule has 0 aliphatic carbocycles. The molecule has 1 aromatic heterocycles. The van der Waals surface area contributed by atoms with Gasteiger partial charge in [0.15, 0.2) is 5.13 Å². The molecule has 0 aliphatic rings. The predicted molar refractivity (Wildman–Crippen MR) is 95.2 cm³/mol. The Kier molecular flexibility index (Phi) is 6.93. The molecule has 6 heteroatoms. The van der Waals surface area contributed by atoms with Crippen LogP contribution in [-0.2, 0) is 27.2 Å². The summed E-state index contributed by atoms with van der Waals surface area (Å²) in [6.07, 6.45) is 2.24. The van der Waals surface area contributed by atoms with Gasteiger partial charge in [0.25, 0.3) is 0 Å². The van der Waals surface area contributed by atoms with Crippen LogP contribution in [0.25, 0.3) is 0 Å². The third kappa shape index (κ3) is 6.12. The van der Waals surface area contributed by atoms with Gasteiger partial charge in [-0.2, -0.15) is 0 Å². The Morgan fingerprint density at radius 2 is 2.00 bits per heavy atom. The maximum atomic E-state index is 12.0. The van der Waals surface area contributed by atoms with E-state index in [2.05, 4.69) is 41.5 Å². The van der Waals surface area contributed by atoms with Crippen LogP contribution in [0.1, 0.15) is 36.6 Å². The number of thiazole rings is 1. The lowest BCUT2D eigenvalue weighted by atomic mass is 10.1. The molecule has 0 atom stereocenters. The number of amides is 1. The van der Waals surface area contributed by atoms with Crippen molar-refractivity contribution in [2.45, 2.75) is 39.5 Å². The maximum Gasteiger partial charge on any atom is 0.311 e. The van der Waals surface area contributed by atoms with Crippen molar-refractivity contribution in [1.29, 1.82) is 0 Å². The number of hydrogen-bond donors (Lipinski definition) is 1. The van der Waals surface area contributed by atoms with Gasteiger partial charge < -0.3 is 10.1 Å². The first-order valence-corrected chi connectivity index (χ1v) is 8.90. The summed E-state index contributed by atoms with van der Waals surface area (Å²) in [5.41, 5.74) is 3.09. The van der Waals surface area contributed by atoms with Gasteiger partial charge in [-0.3, -0.25) is 9.59 Å². The first-order valence-electron chi connectivity index (χ1n) is 8.02. The van der Waals surface area contributed by atoms with Crippen LogP contribution in [0.15, 0.2) is 29.6 Å². The second kappa shape index (κ2) is 9.17. The minimum Gasteiger partial charge on any atom is -0.466 e. The summed E-state index contributed by atoms with van der Waals surface area (Å²) >= 11 is 1.32. The maximum absolute atomic E-state index is 12.0. The fourth-order valence-corrected chi connectivity index (χ4v) is 2.92. The van der Waals surface area contributed by atoms with Crippen molar-refractivity contribution < 1.29 is 14.3 Å². The average Bonchev–Trinajstić information content (AvgIpc) is 2.96. The quantitative estimate of drug-likeness (QED) is 0.743. The van der Waals surface area contributed by atoms with E-state index in [9.17, 15) is 9.59 Å². The number of esters is 1. The SMILES string of the molecule is CCOC(=O)Cc1csc(NC(=O)CCCc2ccc(C)cc2)n1. The molecular weight excluding hydrogens is 324 g/mol. The largest absolute Gasteiger partial charge is 0.466 e. The van der Waals surface area contributed by atoms with Crippen molar-refractivity contribution in [3.05, 3.63) is 46.5 Å². The fourth-order valence-electron chi connectivity index (χ4n) is 2.20. The molecule has 0 radical (unpaired) electrons. The van der Waals surface area contributed by atoms with Crippen LogP contribution in [0.5, 0.6) is 0 Å². The van der Waals surface area contributed by atoms with Crippen LogP contribution in [0, 0.1) is 6.92 Å². The van der Waals surface area contributed by atoms with Gasteiger partial charge in [-0.05, 0) is 32.3 Å². The first kappa shape index (κ1) is 18.1. The van der Waals surface area contributed by atoms with Crippen molar-refractivity contribution in [2.75, 3.05) is 11.9 Å². The highest BCUT2D eigenvalue weighted by Crippen LogP contribution is 2.17. The zero-order chi connectivity index (χ0) is 17.4. The molecule has 0 aliphatic heterocycles. The highest BCUT2D eigenvalue weighted by Gasteiger charge is 2.10. The summed E-state index contributed by atoms with van der Waals surface area (Å²) in [7, 11) is 0. The molecule has 2 rings (SSSR count). The highest BCUT2D eigenvalue weighted by molar-refractivity contribution is 7.13. The number of anilines is 1. The second-order valence-electron chi connectivity index (χ2n) is 5.51. The molecule has 5 nitrogen and oxygen atoms in total. The Morgan fingerprint density at radius 1 is 1.25 bits per heavy atom. The molecule has 0 saturated carbocycles. The van der Waals surface area contributed by atoms with E-state index in [0.717, 1.165) is 12.8 Å². The van der Waals surface area contributed by atoms with Crippen LogP contribution in [0.4, 0.5) is 5.13 Å². The third-order valence-electron chi connectivity index (χ3n) is 3.42. The number of benzene rings is 1. The molecule has 0 spiro atoms. The van der Waals surface area contributed by atoms with Gasteiger partial charge in [0.2, 0.25) is 5.91 Å². The zero-order valence-electron chi connectivity index (χ0n) is 14.0. The van der Waals surface area contributed by atoms with Gasteiger partial charge in [-0.25, -0.2) is 4.98 Å². The summed E-state index contributed by atoms with van der Waals surface area (Å²) in [6, 6.07) is 8.34. The number of nitrogens with one attached hydrogen (secondary N) is 1. The average molecular weight is 346 g/mol. The summed E-state index contributed by atoms with van der Waals surface area (Å²) in [5, 5.41) is 5.06. The summed E-state index contributed by atoms with van der Waals surface area (Å²) < 4.78 is 4.88. The van der Waals surface area contributed by atoms with Crippen LogP contribution >= 0.6 is 11.3 Å². The van der Waals surface area contributed by atoms with Crippen LogP contribution in [0.2, 0.25) is 0 Å². The highest BCUT2D eigenvalue weighted by atomic mass is 32.1. The standard InChI is InChI=1S/C18H22N2O3S/c1-3-23-17(22)11-15-12-24-18(19-15)20-16(21)6-4-5-14-9-7-13(2)8-10-14/h7-10,12H,3-6,11H2,1-2H3,(H,19,20,21). The van der Waals surface area contributed by atoms with Gasteiger partial charge in [-0.15, -0.1) is 11.3 Å². The van der Waals surface area contributed by atoms with Crippen molar-refractivity contribution in [1.82, 2.24) is 4.98 Å². The number of aromatic nitrogens is 1. The van der Waals surface area contributed by atoms with Crippen LogP contribution < -0.4 is 5.32 Å². The number of hydrogen-bond acceptors (Lipinski definition) is 5. The molecule has 0 bridgehead atoms. The lowest BCUT2D eigenvalue weighted by Crippen LogP contribution is -2.12. The van der Waals surface area contributed by atoms with Gasteiger partial charge in [0.05, 0.1) is 18.7 Å². The summed E-state index contributed by atoms with van der Waals surface area (Å²) in [6.45, 7) is 4.18. The van der Waals surface area contributed by atoms with E-state index < -0.39 is 0 Å². The Bertz CT molecular complexity index is 680. The monoisotopic (exact) mass is 346 g/mol. The van der Waals surface area contributed by atoms with Crippen molar-refractivity contribution in [2.24, 2.45) is 0 Å². The molecule has 1 N–H and O–H groups in total. The van der Waals surface area contributed by atoms with E-state index in [0.29, 0.717) is 23.9 Å². The number of carbonyl (C=O) groups excluding carboxylic acids is 2. The fraction of sp³-hybridized carbons (Fsp3) is 0.389. The molecule has 0 unspecified atom stereocenters. The molecular formula is C18H22N2O3S. The molecule has 0 saturated heterocycles. The van der Waals surface area contributed by atoms with Gasteiger partial charge in [0.1, 0.15) is 0 Å². The van der Waals surface area contributed by atoms with Crippen LogP contribution in [-0.4, -0.2) is 23.5 Å². The van der Waals surface area contributed by atoms with E-state index in [1.54, 1.807) is 12.3 Å². The topological polar surface area (TPSA) is 68.3 Å². The van der Waals surface area contributed by atoms with E-state index in [-0.39, 0.29) is 18.3 Å². The Morgan fingerprint density at radius 3 is 2.71 bits per heavy atom. The predicted octanol–water partition coefficient (Wildman–Crippen LogP) is 3.52. The zero-order valence-corrected chi connectivity index (χ0v) is 14.8. The minimum absolute atomic E-state index is 0.0563. The van der Waals surface area contributed by atoms with E-state index in [4.69, 9.17) is 4.74 Å². The van der Waals surface area contributed by atoms with Gasteiger partial charge in [-0.1, -0.05) is 29.8 Å². The Labute approximate surface area is 146 Å². The van der Waals surface area contributed by atoms with E-state index >= 15 is 0 Å². The number of aryl methyl sites for hydroxylation is 2. The lowest BCUT2D eigenvalue weighted by Gasteiger charge is -2.03. The number of carbonyl (C=O) groups is 2. The third-order valence-corrected chi connectivity index (χ3v) is 4.23. The van der Waals surface area contributed by atoms with Crippen molar-refractivity contribution in [3.8, 4) is 0 Å². The summed E-state index contributed by atoms with van der Waals surface area (Å²) in [5.74, 6) is -0.363. The molecule has 0 fully saturated rings.